The van der Waals surface area contributed by atoms with E-state index in [4.69, 9.17) is 18.0 Å². The van der Waals surface area contributed by atoms with Gasteiger partial charge in [-0.05, 0) is 31.2 Å². The van der Waals surface area contributed by atoms with Gasteiger partial charge in [0.1, 0.15) is 0 Å². The summed E-state index contributed by atoms with van der Waals surface area (Å²) in [6, 6.07) is 14.1. The average Bonchev–Trinajstić information content (AvgIpc) is 3.30. The number of hydrogen-bond acceptors (Lipinski definition) is 2. The SMILES string of the molecule is CCN(C(=O)C1(C(N)=S)CC1)c1cccc2ccccc12. The minimum absolute atomic E-state index is 0.0360. The van der Waals surface area contributed by atoms with Crippen LogP contribution in [0.1, 0.15) is 19.8 Å². The average molecular weight is 298 g/mol. The van der Waals surface area contributed by atoms with Crippen molar-refractivity contribution in [3.63, 3.8) is 0 Å². The third-order valence-electron chi connectivity index (χ3n) is 4.25. The highest BCUT2D eigenvalue weighted by molar-refractivity contribution is 7.80. The van der Waals surface area contributed by atoms with Crippen LogP contribution in [0, 0.1) is 5.41 Å². The van der Waals surface area contributed by atoms with Gasteiger partial charge in [0.25, 0.3) is 0 Å². The predicted octanol–water partition coefficient (Wildman–Crippen LogP) is 3.26. The summed E-state index contributed by atoms with van der Waals surface area (Å²) in [5, 5.41) is 2.20. The summed E-state index contributed by atoms with van der Waals surface area (Å²) in [6.45, 7) is 2.59. The molecule has 3 nitrogen and oxygen atoms in total. The highest BCUT2D eigenvalue weighted by atomic mass is 32.1. The fourth-order valence-electron chi connectivity index (χ4n) is 2.82. The molecule has 2 aromatic carbocycles. The Morgan fingerprint density at radius 2 is 1.90 bits per heavy atom. The van der Waals surface area contributed by atoms with Gasteiger partial charge in [-0.25, -0.2) is 0 Å². The second-order valence-corrected chi connectivity index (χ2v) is 5.93. The van der Waals surface area contributed by atoms with Gasteiger partial charge in [0.15, 0.2) is 0 Å². The van der Waals surface area contributed by atoms with E-state index >= 15 is 0 Å². The van der Waals surface area contributed by atoms with Gasteiger partial charge in [-0.3, -0.25) is 4.79 Å². The number of fused-ring (bicyclic) bond motifs is 1. The van der Waals surface area contributed by atoms with Crippen molar-refractivity contribution in [2.45, 2.75) is 19.8 Å². The lowest BCUT2D eigenvalue weighted by Gasteiger charge is -2.27. The first kappa shape index (κ1) is 14.0. The topological polar surface area (TPSA) is 46.3 Å². The van der Waals surface area contributed by atoms with Gasteiger partial charge in [0, 0.05) is 11.9 Å². The second kappa shape index (κ2) is 5.11. The molecule has 0 saturated heterocycles. The Morgan fingerprint density at radius 3 is 2.52 bits per heavy atom. The Labute approximate surface area is 129 Å². The number of anilines is 1. The maximum absolute atomic E-state index is 12.9. The summed E-state index contributed by atoms with van der Waals surface area (Å²) in [5.74, 6) is 0.0360. The van der Waals surface area contributed by atoms with Gasteiger partial charge >= 0.3 is 0 Å². The molecule has 1 fully saturated rings. The van der Waals surface area contributed by atoms with Crippen LogP contribution < -0.4 is 10.6 Å². The first-order valence-corrected chi connectivity index (χ1v) is 7.60. The lowest BCUT2D eigenvalue weighted by molar-refractivity contribution is -0.121. The Kier molecular flexibility index (Phi) is 3.41. The zero-order valence-electron chi connectivity index (χ0n) is 12.0. The van der Waals surface area contributed by atoms with Gasteiger partial charge < -0.3 is 10.6 Å². The molecule has 1 amide bonds. The fraction of sp³-hybridized carbons (Fsp3) is 0.294. The molecule has 0 aliphatic heterocycles. The van der Waals surface area contributed by atoms with E-state index in [1.165, 1.54) is 0 Å². The number of benzene rings is 2. The minimum Gasteiger partial charge on any atom is -0.392 e. The molecule has 0 heterocycles. The van der Waals surface area contributed by atoms with Crippen LogP contribution in [0.4, 0.5) is 5.69 Å². The number of carbonyl (C=O) groups excluding carboxylic acids is 1. The monoisotopic (exact) mass is 298 g/mol. The van der Waals surface area contributed by atoms with Crippen molar-refractivity contribution in [2.24, 2.45) is 11.1 Å². The number of rotatable bonds is 4. The molecule has 0 bridgehead atoms. The molecular formula is C17H18N2OS. The molecule has 1 saturated carbocycles. The lowest BCUT2D eigenvalue weighted by atomic mass is 10.0. The summed E-state index contributed by atoms with van der Waals surface area (Å²) in [7, 11) is 0. The van der Waals surface area contributed by atoms with E-state index in [0.29, 0.717) is 11.5 Å². The maximum Gasteiger partial charge on any atom is 0.240 e. The fourth-order valence-corrected chi connectivity index (χ4v) is 3.11. The molecule has 0 unspecified atom stereocenters. The van der Waals surface area contributed by atoms with Crippen molar-refractivity contribution < 1.29 is 4.79 Å². The van der Waals surface area contributed by atoms with Crippen molar-refractivity contribution in [1.82, 2.24) is 0 Å². The third-order valence-corrected chi connectivity index (χ3v) is 4.64. The standard InChI is InChI=1S/C17H18N2OS/c1-2-19(16(20)17(10-11-17)15(18)21)14-9-5-7-12-6-3-4-8-13(12)14/h3-9H,2,10-11H2,1H3,(H2,18,21). The Hall–Kier alpha value is -1.94. The highest BCUT2D eigenvalue weighted by Gasteiger charge is 2.54. The molecule has 0 atom stereocenters. The molecule has 2 N–H and O–H groups in total. The molecule has 3 rings (SSSR count). The molecule has 0 spiro atoms. The zero-order chi connectivity index (χ0) is 15.0. The van der Waals surface area contributed by atoms with Crippen LogP contribution in [0.5, 0.6) is 0 Å². The Balaban J connectivity index is 2.07. The summed E-state index contributed by atoms with van der Waals surface area (Å²) in [5.41, 5.74) is 6.13. The van der Waals surface area contributed by atoms with Crippen LogP contribution in [0.3, 0.4) is 0 Å². The summed E-state index contributed by atoms with van der Waals surface area (Å²) < 4.78 is 0. The number of carbonyl (C=O) groups is 1. The first-order valence-electron chi connectivity index (χ1n) is 7.20. The number of nitrogens with zero attached hydrogens (tertiary/aromatic N) is 1. The largest absolute Gasteiger partial charge is 0.392 e. The summed E-state index contributed by atoms with van der Waals surface area (Å²) in [4.78, 5) is 15.0. The molecule has 0 radical (unpaired) electrons. The second-order valence-electron chi connectivity index (χ2n) is 5.49. The van der Waals surface area contributed by atoms with E-state index in [9.17, 15) is 4.79 Å². The molecule has 21 heavy (non-hydrogen) atoms. The molecule has 2 aromatic rings. The van der Waals surface area contributed by atoms with Gasteiger partial charge in [-0.2, -0.15) is 0 Å². The van der Waals surface area contributed by atoms with E-state index in [1.54, 1.807) is 0 Å². The van der Waals surface area contributed by atoms with Crippen molar-refractivity contribution in [1.29, 1.82) is 0 Å². The van der Waals surface area contributed by atoms with Crippen molar-refractivity contribution in [3.05, 3.63) is 42.5 Å². The van der Waals surface area contributed by atoms with Crippen LogP contribution in [0.2, 0.25) is 0 Å². The molecule has 0 aromatic heterocycles. The number of hydrogen-bond donors (Lipinski definition) is 1. The van der Waals surface area contributed by atoms with Crippen LogP contribution in [0.25, 0.3) is 10.8 Å². The van der Waals surface area contributed by atoms with Crippen LogP contribution in [0.15, 0.2) is 42.5 Å². The highest BCUT2D eigenvalue weighted by Crippen LogP contribution is 2.48. The molecule has 108 valence electrons. The van der Waals surface area contributed by atoms with Gasteiger partial charge in [-0.15, -0.1) is 0 Å². The van der Waals surface area contributed by atoms with E-state index in [1.807, 2.05) is 42.2 Å². The van der Waals surface area contributed by atoms with Crippen molar-refractivity contribution in [2.75, 3.05) is 11.4 Å². The van der Waals surface area contributed by atoms with Gasteiger partial charge in [-0.1, -0.05) is 48.6 Å². The zero-order valence-corrected chi connectivity index (χ0v) is 12.8. The van der Waals surface area contributed by atoms with Crippen LogP contribution in [-0.4, -0.2) is 17.4 Å². The van der Waals surface area contributed by atoms with E-state index in [2.05, 4.69) is 12.1 Å². The molecule has 1 aliphatic carbocycles. The van der Waals surface area contributed by atoms with Crippen molar-refractivity contribution in [3.8, 4) is 0 Å². The van der Waals surface area contributed by atoms with Gasteiger partial charge in [0.2, 0.25) is 5.91 Å². The number of nitrogens with two attached hydrogens (primary N) is 1. The van der Waals surface area contributed by atoms with Gasteiger partial charge in [0.05, 0.1) is 16.1 Å². The number of thiocarbonyl (C=S) groups is 1. The molecule has 4 heteroatoms. The normalized spacial score (nSPS) is 15.7. The molecular weight excluding hydrogens is 280 g/mol. The van der Waals surface area contributed by atoms with E-state index in [0.717, 1.165) is 29.3 Å². The molecule has 1 aliphatic rings. The Bertz CT molecular complexity index is 716. The minimum atomic E-state index is -0.609. The first-order chi connectivity index (χ1) is 10.1. The summed E-state index contributed by atoms with van der Waals surface area (Å²) >= 11 is 5.11. The predicted molar refractivity (Wildman–Crippen MR) is 90.4 cm³/mol. The van der Waals surface area contributed by atoms with Crippen LogP contribution >= 0.6 is 12.2 Å². The summed E-state index contributed by atoms with van der Waals surface area (Å²) in [6.07, 6.45) is 1.53. The van der Waals surface area contributed by atoms with Crippen LogP contribution in [-0.2, 0) is 4.79 Å². The smallest absolute Gasteiger partial charge is 0.240 e. The number of amides is 1. The third kappa shape index (κ3) is 2.20. The van der Waals surface area contributed by atoms with E-state index in [-0.39, 0.29) is 5.91 Å². The Morgan fingerprint density at radius 1 is 1.24 bits per heavy atom. The van der Waals surface area contributed by atoms with Crippen molar-refractivity contribution >= 4 is 39.6 Å². The quantitative estimate of drug-likeness (QED) is 0.881. The maximum atomic E-state index is 12.9. The lowest BCUT2D eigenvalue weighted by Crippen LogP contribution is -2.43. The van der Waals surface area contributed by atoms with E-state index < -0.39 is 5.41 Å².